The molecular weight excluding hydrogens is 327 g/mol. The lowest BCUT2D eigenvalue weighted by atomic mass is 10.1. The monoisotopic (exact) mass is 344 g/mol. The average molecular weight is 344 g/mol. The minimum absolute atomic E-state index is 0.0308. The van der Waals surface area contributed by atoms with Crippen LogP contribution in [0.2, 0.25) is 0 Å². The molecule has 0 spiro atoms. The first-order chi connectivity index (χ1) is 11.9. The van der Waals surface area contributed by atoms with Gasteiger partial charge in [0, 0.05) is 12.6 Å². The Labute approximate surface area is 144 Å². The summed E-state index contributed by atoms with van der Waals surface area (Å²) < 4.78 is 18.9. The van der Waals surface area contributed by atoms with E-state index in [1.807, 2.05) is 0 Å². The molecule has 2 aromatic rings. The molecule has 130 valence electrons. The number of amides is 3. The van der Waals surface area contributed by atoms with Crippen molar-refractivity contribution in [1.82, 2.24) is 10.6 Å². The standard InChI is InChI=1S/C18H17FN2O4/c1-11-8-9-13(10-14(11)19)17(23)25-15(12-6-4-3-5-7-12)16(22)21-18(24)20-2/h3-10,15H,1-2H3,(H2,20,21,22,24)/t15-/m0/s1. The maximum absolute atomic E-state index is 13.6. The van der Waals surface area contributed by atoms with Crippen molar-refractivity contribution in [3.8, 4) is 0 Å². The fourth-order valence-electron chi connectivity index (χ4n) is 2.04. The van der Waals surface area contributed by atoms with Gasteiger partial charge < -0.3 is 10.1 Å². The fourth-order valence-corrected chi connectivity index (χ4v) is 2.04. The van der Waals surface area contributed by atoms with Crippen LogP contribution in [0.5, 0.6) is 0 Å². The Morgan fingerprint density at radius 3 is 2.36 bits per heavy atom. The number of imide groups is 1. The molecule has 0 heterocycles. The third-order valence-electron chi connectivity index (χ3n) is 3.44. The van der Waals surface area contributed by atoms with Gasteiger partial charge in [0.25, 0.3) is 5.91 Å². The number of carbonyl (C=O) groups excluding carboxylic acids is 3. The molecule has 0 saturated heterocycles. The van der Waals surface area contributed by atoms with Gasteiger partial charge in [0.15, 0.2) is 0 Å². The van der Waals surface area contributed by atoms with Gasteiger partial charge in [-0.05, 0) is 24.6 Å². The van der Waals surface area contributed by atoms with Gasteiger partial charge in [0.1, 0.15) is 5.82 Å². The number of aryl methyl sites for hydroxylation is 1. The van der Waals surface area contributed by atoms with E-state index in [9.17, 15) is 18.8 Å². The number of esters is 1. The number of hydrogen-bond donors (Lipinski definition) is 2. The van der Waals surface area contributed by atoms with E-state index in [0.29, 0.717) is 11.1 Å². The van der Waals surface area contributed by atoms with E-state index in [1.165, 1.54) is 19.2 Å². The molecule has 3 amide bonds. The molecule has 2 N–H and O–H groups in total. The first-order valence-electron chi connectivity index (χ1n) is 7.47. The number of hydrogen-bond acceptors (Lipinski definition) is 4. The molecule has 0 aliphatic rings. The largest absolute Gasteiger partial charge is 0.444 e. The number of benzene rings is 2. The van der Waals surface area contributed by atoms with E-state index in [1.54, 1.807) is 37.3 Å². The van der Waals surface area contributed by atoms with Crippen LogP contribution in [-0.2, 0) is 9.53 Å². The summed E-state index contributed by atoms with van der Waals surface area (Å²) in [6, 6.07) is 11.4. The van der Waals surface area contributed by atoms with Crippen LogP contribution in [0.25, 0.3) is 0 Å². The molecule has 0 radical (unpaired) electrons. The fraction of sp³-hybridized carbons (Fsp3) is 0.167. The van der Waals surface area contributed by atoms with Crippen molar-refractivity contribution in [2.24, 2.45) is 0 Å². The predicted molar refractivity (Wildman–Crippen MR) is 88.3 cm³/mol. The van der Waals surface area contributed by atoms with Crippen molar-refractivity contribution in [2.45, 2.75) is 13.0 Å². The first-order valence-corrected chi connectivity index (χ1v) is 7.47. The predicted octanol–water partition coefficient (Wildman–Crippen LogP) is 2.49. The first kappa shape index (κ1) is 18.1. The minimum Gasteiger partial charge on any atom is -0.444 e. The van der Waals surface area contributed by atoms with Crippen molar-refractivity contribution in [3.63, 3.8) is 0 Å². The van der Waals surface area contributed by atoms with Gasteiger partial charge in [-0.3, -0.25) is 10.1 Å². The summed E-state index contributed by atoms with van der Waals surface area (Å²) in [6.07, 6.45) is -1.35. The molecule has 0 fully saturated rings. The zero-order valence-corrected chi connectivity index (χ0v) is 13.7. The number of halogens is 1. The number of ether oxygens (including phenoxy) is 1. The lowest BCUT2D eigenvalue weighted by Gasteiger charge is -2.17. The van der Waals surface area contributed by atoms with Crippen LogP contribution < -0.4 is 10.6 Å². The maximum Gasteiger partial charge on any atom is 0.339 e. The smallest absolute Gasteiger partial charge is 0.339 e. The Morgan fingerprint density at radius 2 is 1.76 bits per heavy atom. The third kappa shape index (κ3) is 4.63. The van der Waals surface area contributed by atoms with Crippen molar-refractivity contribution < 1.29 is 23.5 Å². The van der Waals surface area contributed by atoms with E-state index in [4.69, 9.17) is 4.74 Å². The van der Waals surface area contributed by atoms with Gasteiger partial charge >= 0.3 is 12.0 Å². The highest BCUT2D eigenvalue weighted by atomic mass is 19.1. The normalized spacial score (nSPS) is 11.3. The second kappa shape index (κ2) is 8.05. The highest BCUT2D eigenvalue weighted by molar-refractivity contribution is 5.99. The summed E-state index contributed by atoms with van der Waals surface area (Å²) in [4.78, 5) is 35.9. The van der Waals surface area contributed by atoms with Gasteiger partial charge in [0.2, 0.25) is 6.10 Å². The second-order valence-electron chi connectivity index (χ2n) is 5.23. The highest BCUT2D eigenvalue weighted by Crippen LogP contribution is 2.20. The highest BCUT2D eigenvalue weighted by Gasteiger charge is 2.27. The zero-order valence-electron chi connectivity index (χ0n) is 13.7. The molecule has 2 rings (SSSR count). The summed E-state index contributed by atoms with van der Waals surface area (Å²) in [5.74, 6) is -2.24. The number of urea groups is 1. The third-order valence-corrected chi connectivity index (χ3v) is 3.44. The quantitative estimate of drug-likeness (QED) is 0.835. The Morgan fingerprint density at radius 1 is 1.08 bits per heavy atom. The van der Waals surface area contributed by atoms with E-state index in [-0.39, 0.29) is 5.56 Å². The van der Waals surface area contributed by atoms with Crippen molar-refractivity contribution in [2.75, 3.05) is 7.05 Å². The Bertz CT molecular complexity index is 793. The molecule has 0 saturated carbocycles. The summed E-state index contributed by atoms with van der Waals surface area (Å²) in [5, 5.41) is 4.31. The van der Waals surface area contributed by atoms with Crippen molar-refractivity contribution in [1.29, 1.82) is 0 Å². The van der Waals surface area contributed by atoms with E-state index in [0.717, 1.165) is 6.07 Å². The SMILES string of the molecule is CNC(=O)NC(=O)[C@@H](OC(=O)c1ccc(C)c(F)c1)c1ccccc1. The second-order valence-corrected chi connectivity index (χ2v) is 5.23. The number of carbonyl (C=O) groups is 3. The molecular formula is C18H17FN2O4. The van der Waals surface area contributed by atoms with Crippen LogP contribution in [0.1, 0.15) is 27.6 Å². The Hall–Kier alpha value is -3.22. The van der Waals surface area contributed by atoms with E-state index >= 15 is 0 Å². The van der Waals surface area contributed by atoms with Crippen LogP contribution in [0.3, 0.4) is 0 Å². The molecule has 25 heavy (non-hydrogen) atoms. The van der Waals surface area contributed by atoms with Gasteiger partial charge in [-0.15, -0.1) is 0 Å². The molecule has 0 unspecified atom stereocenters. The van der Waals surface area contributed by atoms with Crippen molar-refractivity contribution in [3.05, 3.63) is 71.0 Å². The lowest BCUT2D eigenvalue weighted by Crippen LogP contribution is -2.41. The van der Waals surface area contributed by atoms with Gasteiger partial charge in [-0.2, -0.15) is 0 Å². The summed E-state index contributed by atoms with van der Waals surface area (Å²) in [5.41, 5.74) is 0.732. The molecule has 7 heteroatoms. The van der Waals surface area contributed by atoms with Gasteiger partial charge in [-0.1, -0.05) is 36.4 Å². The maximum atomic E-state index is 13.6. The van der Waals surface area contributed by atoms with Crippen LogP contribution in [0, 0.1) is 12.7 Å². The molecule has 2 aromatic carbocycles. The molecule has 0 bridgehead atoms. The van der Waals surface area contributed by atoms with E-state index < -0.39 is 29.8 Å². The van der Waals surface area contributed by atoms with Gasteiger partial charge in [-0.25, -0.2) is 14.0 Å². The Balaban J connectivity index is 2.26. The topological polar surface area (TPSA) is 84.5 Å². The average Bonchev–Trinajstić information content (AvgIpc) is 2.62. The molecule has 0 aliphatic heterocycles. The van der Waals surface area contributed by atoms with Crippen LogP contribution in [0.4, 0.5) is 9.18 Å². The Kier molecular flexibility index (Phi) is 5.84. The molecule has 6 nitrogen and oxygen atoms in total. The molecule has 0 aromatic heterocycles. The van der Waals surface area contributed by atoms with Gasteiger partial charge in [0.05, 0.1) is 5.56 Å². The summed E-state index contributed by atoms with van der Waals surface area (Å²) in [7, 11) is 1.35. The molecule has 0 aliphatic carbocycles. The zero-order chi connectivity index (χ0) is 18.4. The minimum atomic E-state index is -1.35. The van der Waals surface area contributed by atoms with E-state index in [2.05, 4.69) is 10.6 Å². The number of nitrogens with one attached hydrogen (secondary N) is 2. The van der Waals surface area contributed by atoms with Crippen molar-refractivity contribution >= 4 is 17.9 Å². The number of rotatable bonds is 4. The van der Waals surface area contributed by atoms with Crippen LogP contribution >= 0.6 is 0 Å². The molecule has 1 atom stereocenters. The summed E-state index contributed by atoms with van der Waals surface area (Å²) in [6.45, 7) is 1.56. The van der Waals surface area contributed by atoms with Crippen LogP contribution in [-0.4, -0.2) is 25.0 Å². The van der Waals surface area contributed by atoms with Crippen LogP contribution in [0.15, 0.2) is 48.5 Å². The summed E-state index contributed by atoms with van der Waals surface area (Å²) >= 11 is 0. The lowest BCUT2D eigenvalue weighted by molar-refractivity contribution is -0.129.